The molecule has 1 saturated carbocycles. The van der Waals surface area contributed by atoms with E-state index in [4.69, 9.17) is 4.74 Å². The molecule has 1 aromatic carbocycles. The molecule has 0 amide bonds. The summed E-state index contributed by atoms with van der Waals surface area (Å²) in [4.78, 5) is 12.3. The molecule has 2 aliphatic heterocycles. The molecule has 94 valence electrons. The van der Waals surface area contributed by atoms with Gasteiger partial charge in [0.05, 0.1) is 18.1 Å². The van der Waals surface area contributed by atoms with Crippen LogP contribution in [0, 0.1) is 17.8 Å². The molecule has 18 heavy (non-hydrogen) atoms. The third-order valence-corrected chi connectivity index (χ3v) is 5.02. The van der Waals surface area contributed by atoms with Crippen LogP contribution in [0.3, 0.4) is 0 Å². The Morgan fingerprint density at radius 2 is 1.89 bits per heavy atom. The van der Waals surface area contributed by atoms with Gasteiger partial charge in [-0.05, 0) is 17.5 Å². The molecule has 2 fully saturated rings. The van der Waals surface area contributed by atoms with Gasteiger partial charge in [-0.1, -0.05) is 44.0 Å². The minimum absolute atomic E-state index is 0.0709. The quantitative estimate of drug-likeness (QED) is 0.811. The number of carbonyl (C=O) groups is 1. The number of fused-ring (bicyclic) bond motifs is 8. The summed E-state index contributed by atoms with van der Waals surface area (Å²) >= 11 is 0. The van der Waals surface area contributed by atoms with Crippen LogP contribution in [0.15, 0.2) is 24.3 Å². The van der Waals surface area contributed by atoms with E-state index < -0.39 is 0 Å². The lowest BCUT2D eigenvalue weighted by molar-refractivity contribution is -0.143. The molecule has 0 spiro atoms. The maximum absolute atomic E-state index is 12.3. The van der Waals surface area contributed by atoms with E-state index in [1.54, 1.807) is 0 Å². The van der Waals surface area contributed by atoms with Crippen molar-refractivity contribution in [1.82, 2.24) is 0 Å². The number of hydrogen-bond donors (Lipinski definition) is 0. The fraction of sp³-hybridized carbons (Fsp3) is 0.562. The molecule has 3 aliphatic rings. The Hall–Kier alpha value is -1.15. The Kier molecular flexibility index (Phi) is 2.19. The summed E-state index contributed by atoms with van der Waals surface area (Å²) in [5.41, 5.74) is 2.61. The Balaban J connectivity index is 1.66. The van der Waals surface area contributed by atoms with Crippen LogP contribution >= 0.6 is 0 Å². The van der Waals surface area contributed by atoms with Crippen molar-refractivity contribution in [2.45, 2.75) is 38.4 Å². The zero-order valence-corrected chi connectivity index (χ0v) is 10.6. The highest BCUT2D eigenvalue weighted by molar-refractivity contribution is 5.92. The van der Waals surface area contributed by atoms with Gasteiger partial charge in [0.25, 0.3) is 0 Å². The van der Waals surface area contributed by atoms with E-state index >= 15 is 0 Å². The predicted octanol–water partition coefficient (Wildman–Crippen LogP) is 3.43. The molecule has 1 aromatic rings. The smallest absolute Gasteiger partial charge is 0.142 e. The first kappa shape index (κ1) is 10.7. The van der Waals surface area contributed by atoms with E-state index in [1.165, 1.54) is 24.0 Å². The van der Waals surface area contributed by atoms with Gasteiger partial charge in [-0.25, -0.2) is 0 Å². The number of ketones is 1. The molecular formula is C16H18O2. The molecule has 4 unspecified atom stereocenters. The van der Waals surface area contributed by atoms with E-state index in [0.717, 1.165) is 6.42 Å². The fourth-order valence-electron chi connectivity index (χ4n) is 4.18. The van der Waals surface area contributed by atoms with Gasteiger partial charge in [-0.2, -0.15) is 0 Å². The number of hydrogen-bond acceptors (Lipinski definition) is 2. The van der Waals surface area contributed by atoms with Crippen molar-refractivity contribution >= 4 is 5.78 Å². The van der Waals surface area contributed by atoms with Crippen LogP contribution in [-0.4, -0.2) is 5.78 Å². The van der Waals surface area contributed by atoms with Crippen molar-refractivity contribution in [3.63, 3.8) is 0 Å². The van der Waals surface area contributed by atoms with E-state index in [0.29, 0.717) is 11.7 Å². The van der Waals surface area contributed by atoms with Gasteiger partial charge < -0.3 is 4.74 Å². The molecule has 1 aliphatic carbocycles. The molecule has 0 aromatic heterocycles. The Bertz CT molecular complexity index is 508. The Morgan fingerprint density at radius 3 is 2.61 bits per heavy atom. The first-order valence-electron chi connectivity index (χ1n) is 7.11. The summed E-state index contributed by atoms with van der Waals surface area (Å²) in [6.45, 7) is 2.19. The summed E-state index contributed by atoms with van der Waals surface area (Å²) < 4.78 is 6.09. The van der Waals surface area contributed by atoms with E-state index in [-0.39, 0.29) is 24.0 Å². The van der Waals surface area contributed by atoms with Gasteiger partial charge in [0.2, 0.25) is 0 Å². The number of rotatable bonds is 3. The third kappa shape index (κ3) is 1.15. The summed E-state index contributed by atoms with van der Waals surface area (Å²) in [7, 11) is 0. The monoisotopic (exact) mass is 242 g/mol. The number of carbonyl (C=O) groups excluding carboxylic acids is 1. The van der Waals surface area contributed by atoms with E-state index in [2.05, 4.69) is 31.2 Å². The number of benzene rings is 1. The number of unbranched alkanes of at least 4 members (excludes halogenated alkanes) is 1. The van der Waals surface area contributed by atoms with Gasteiger partial charge in [0.15, 0.2) is 0 Å². The van der Waals surface area contributed by atoms with Crippen LogP contribution in [0.25, 0.3) is 0 Å². The zero-order valence-electron chi connectivity index (χ0n) is 10.6. The van der Waals surface area contributed by atoms with E-state index in [1.807, 2.05) is 0 Å². The standard InChI is InChI=1S/C16H18O2/c1-2-3-6-11-12-13(14(11)17)16-10-8-5-4-7-9(10)15(12)18-16/h4-5,7-8,11-13,15-16H,2-3,6H2,1H3/t11?,12?,13?,15-,16?/m1/s1. The van der Waals surface area contributed by atoms with Crippen LogP contribution in [-0.2, 0) is 9.53 Å². The maximum atomic E-state index is 12.3. The SMILES string of the molecule is CCCCC1C(=O)C2C3O[C@H](c4ccccc43)C12. The van der Waals surface area contributed by atoms with Crippen molar-refractivity contribution in [2.24, 2.45) is 17.8 Å². The molecule has 2 heterocycles. The molecular weight excluding hydrogens is 224 g/mol. The van der Waals surface area contributed by atoms with Crippen LogP contribution in [0.4, 0.5) is 0 Å². The molecule has 0 N–H and O–H groups in total. The van der Waals surface area contributed by atoms with Gasteiger partial charge in [-0.15, -0.1) is 0 Å². The summed E-state index contributed by atoms with van der Waals surface area (Å²) in [5.74, 6) is 1.39. The average Bonchev–Trinajstić information content (AvgIpc) is 2.92. The Morgan fingerprint density at radius 1 is 1.17 bits per heavy atom. The average molecular weight is 242 g/mol. The number of ether oxygens (including phenoxy) is 1. The highest BCUT2D eigenvalue weighted by atomic mass is 16.5. The summed E-state index contributed by atoms with van der Waals surface area (Å²) in [6, 6.07) is 8.44. The molecule has 2 nitrogen and oxygen atoms in total. The minimum atomic E-state index is 0.0709. The lowest BCUT2D eigenvalue weighted by Gasteiger charge is -2.44. The predicted molar refractivity (Wildman–Crippen MR) is 68.0 cm³/mol. The maximum Gasteiger partial charge on any atom is 0.142 e. The van der Waals surface area contributed by atoms with Crippen molar-refractivity contribution in [1.29, 1.82) is 0 Å². The number of Topliss-reactive ketones (excluding diaryl/α,β-unsaturated/α-hetero) is 1. The van der Waals surface area contributed by atoms with E-state index in [9.17, 15) is 4.79 Å². The zero-order chi connectivity index (χ0) is 12.3. The second-order valence-corrected chi connectivity index (χ2v) is 5.86. The lowest BCUT2D eigenvalue weighted by Crippen LogP contribution is -2.49. The topological polar surface area (TPSA) is 26.3 Å². The molecule has 2 bridgehead atoms. The Labute approximate surface area is 107 Å². The molecule has 0 radical (unpaired) electrons. The van der Waals surface area contributed by atoms with Crippen molar-refractivity contribution in [3.05, 3.63) is 35.4 Å². The van der Waals surface area contributed by atoms with Gasteiger partial charge in [0.1, 0.15) is 5.78 Å². The second kappa shape index (κ2) is 3.67. The van der Waals surface area contributed by atoms with Crippen molar-refractivity contribution in [2.75, 3.05) is 0 Å². The highest BCUT2D eigenvalue weighted by Gasteiger charge is 2.65. The van der Waals surface area contributed by atoms with Crippen molar-refractivity contribution < 1.29 is 9.53 Å². The van der Waals surface area contributed by atoms with Gasteiger partial charge >= 0.3 is 0 Å². The van der Waals surface area contributed by atoms with Crippen molar-refractivity contribution in [3.8, 4) is 0 Å². The molecule has 1 saturated heterocycles. The van der Waals surface area contributed by atoms with Crippen LogP contribution < -0.4 is 0 Å². The first-order chi connectivity index (χ1) is 8.83. The molecule has 5 atom stereocenters. The minimum Gasteiger partial charge on any atom is -0.364 e. The first-order valence-corrected chi connectivity index (χ1v) is 7.11. The van der Waals surface area contributed by atoms with Crippen LogP contribution in [0.5, 0.6) is 0 Å². The van der Waals surface area contributed by atoms with Gasteiger partial charge in [0, 0.05) is 11.8 Å². The summed E-state index contributed by atoms with van der Waals surface area (Å²) in [6.07, 6.45) is 3.67. The highest BCUT2D eigenvalue weighted by Crippen LogP contribution is 2.65. The second-order valence-electron chi connectivity index (χ2n) is 5.86. The molecule has 4 rings (SSSR count). The van der Waals surface area contributed by atoms with Crippen LogP contribution in [0.1, 0.15) is 49.5 Å². The lowest BCUT2D eigenvalue weighted by atomic mass is 9.55. The normalized spacial score (nSPS) is 39.4. The third-order valence-electron chi connectivity index (χ3n) is 5.02. The van der Waals surface area contributed by atoms with Gasteiger partial charge in [-0.3, -0.25) is 4.79 Å². The summed E-state index contributed by atoms with van der Waals surface area (Å²) in [5, 5.41) is 0. The fourth-order valence-corrected chi connectivity index (χ4v) is 4.18. The van der Waals surface area contributed by atoms with Crippen LogP contribution in [0.2, 0.25) is 0 Å². The largest absolute Gasteiger partial charge is 0.364 e. The molecule has 2 heteroatoms.